The fraction of sp³-hybridized carbons (Fsp3) is 0.500. The number of rotatable bonds is 3. The molecule has 5 nitrogen and oxygen atoms in total. The topological polar surface area (TPSA) is 72.3 Å². The van der Waals surface area contributed by atoms with Crippen molar-refractivity contribution in [3.05, 3.63) is 22.2 Å². The van der Waals surface area contributed by atoms with Gasteiger partial charge in [-0.1, -0.05) is 13.8 Å². The SMILES string of the molecule is CC(C)C(C(=O)OP)c1cc(=O)[nH]o1. The van der Waals surface area contributed by atoms with E-state index >= 15 is 0 Å². The van der Waals surface area contributed by atoms with Crippen LogP contribution in [-0.4, -0.2) is 11.1 Å². The molecule has 2 atom stereocenters. The van der Waals surface area contributed by atoms with Crippen molar-refractivity contribution < 1.29 is 13.8 Å². The summed E-state index contributed by atoms with van der Waals surface area (Å²) in [5, 5.41) is 2.14. The quantitative estimate of drug-likeness (QED) is 0.768. The largest absolute Gasteiger partial charge is 0.451 e. The molecule has 1 aromatic heterocycles. The smallest absolute Gasteiger partial charge is 0.319 e. The Labute approximate surface area is 83.1 Å². The van der Waals surface area contributed by atoms with Crippen LogP contribution in [0.5, 0.6) is 0 Å². The minimum atomic E-state index is -0.550. The van der Waals surface area contributed by atoms with Gasteiger partial charge in [0.25, 0.3) is 5.56 Å². The van der Waals surface area contributed by atoms with Crippen molar-refractivity contribution >= 4 is 15.4 Å². The normalized spacial score (nSPS) is 12.9. The van der Waals surface area contributed by atoms with E-state index in [-0.39, 0.29) is 11.5 Å². The first-order chi connectivity index (χ1) is 6.56. The summed E-state index contributed by atoms with van der Waals surface area (Å²) in [6, 6.07) is 1.26. The van der Waals surface area contributed by atoms with Crippen LogP contribution in [0.3, 0.4) is 0 Å². The maximum atomic E-state index is 11.3. The van der Waals surface area contributed by atoms with E-state index in [1.54, 1.807) is 0 Å². The zero-order chi connectivity index (χ0) is 10.7. The number of carbonyl (C=O) groups excluding carboxylic acids is 1. The number of aromatic nitrogens is 1. The molecule has 6 heteroatoms. The summed E-state index contributed by atoms with van der Waals surface area (Å²) in [6.45, 7) is 3.69. The molecule has 14 heavy (non-hydrogen) atoms. The van der Waals surface area contributed by atoms with Gasteiger partial charge in [-0.2, -0.15) is 5.16 Å². The number of carbonyl (C=O) groups is 1. The molecule has 0 amide bonds. The van der Waals surface area contributed by atoms with E-state index in [9.17, 15) is 9.59 Å². The first-order valence-electron chi connectivity index (χ1n) is 4.15. The monoisotopic (exact) mass is 217 g/mol. The molecule has 0 bridgehead atoms. The maximum Gasteiger partial charge on any atom is 0.319 e. The van der Waals surface area contributed by atoms with Crippen LogP contribution in [0.2, 0.25) is 0 Å². The third kappa shape index (κ3) is 2.23. The zero-order valence-electron chi connectivity index (χ0n) is 7.94. The van der Waals surface area contributed by atoms with Crippen LogP contribution in [0.25, 0.3) is 0 Å². The van der Waals surface area contributed by atoms with Crippen molar-refractivity contribution in [1.29, 1.82) is 0 Å². The van der Waals surface area contributed by atoms with Gasteiger partial charge in [0, 0.05) is 6.07 Å². The van der Waals surface area contributed by atoms with Crippen LogP contribution >= 0.6 is 9.47 Å². The van der Waals surface area contributed by atoms with E-state index in [1.807, 2.05) is 23.3 Å². The number of H-pyrrole nitrogens is 1. The van der Waals surface area contributed by atoms with Crippen LogP contribution in [0.4, 0.5) is 0 Å². The highest BCUT2D eigenvalue weighted by Crippen LogP contribution is 2.25. The third-order valence-electron chi connectivity index (χ3n) is 1.89. The third-order valence-corrected chi connectivity index (χ3v) is 2.12. The zero-order valence-corrected chi connectivity index (χ0v) is 9.10. The molecule has 0 radical (unpaired) electrons. The fourth-order valence-electron chi connectivity index (χ4n) is 1.24. The Morgan fingerprint density at radius 3 is 2.64 bits per heavy atom. The summed E-state index contributed by atoms with van der Waals surface area (Å²) in [5.41, 5.74) is -0.359. The minimum absolute atomic E-state index is 0.00185. The molecule has 0 aliphatic heterocycles. The lowest BCUT2D eigenvalue weighted by Crippen LogP contribution is -2.17. The maximum absolute atomic E-state index is 11.3. The lowest BCUT2D eigenvalue weighted by Gasteiger charge is -2.14. The fourth-order valence-corrected chi connectivity index (χ4v) is 1.39. The molecule has 0 aliphatic carbocycles. The summed E-state index contributed by atoms with van der Waals surface area (Å²) in [6.07, 6.45) is 0. The van der Waals surface area contributed by atoms with Gasteiger partial charge in [0.2, 0.25) is 0 Å². The van der Waals surface area contributed by atoms with Crippen molar-refractivity contribution in [3.8, 4) is 0 Å². The van der Waals surface area contributed by atoms with Crippen molar-refractivity contribution in [2.45, 2.75) is 19.8 Å². The molecule has 1 N–H and O–H groups in total. The Morgan fingerprint density at radius 1 is 1.64 bits per heavy atom. The van der Waals surface area contributed by atoms with E-state index in [0.29, 0.717) is 5.76 Å². The standard InChI is InChI=1S/C8H12NO4P/c1-4(2)7(8(11)13-14)5-3-6(10)9-12-5/h3-4,7H,14H2,1-2H3,(H,9,10). The van der Waals surface area contributed by atoms with Crippen LogP contribution < -0.4 is 5.56 Å². The predicted molar refractivity (Wildman–Crippen MR) is 52.7 cm³/mol. The summed E-state index contributed by atoms with van der Waals surface area (Å²) >= 11 is 0. The molecule has 1 rings (SSSR count). The second-order valence-electron chi connectivity index (χ2n) is 3.27. The first kappa shape index (κ1) is 11.0. The Balaban J connectivity index is 3.00. The molecule has 78 valence electrons. The molecule has 2 unspecified atom stereocenters. The van der Waals surface area contributed by atoms with Crippen LogP contribution in [-0.2, 0) is 9.32 Å². The molecule has 0 saturated carbocycles. The number of aromatic amines is 1. The van der Waals surface area contributed by atoms with Crippen molar-refractivity contribution in [3.63, 3.8) is 0 Å². The Kier molecular flexibility index (Phi) is 3.47. The number of hydrogen-bond donors (Lipinski definition) is 1. The van der Waals surface area contributed by atoms with Gasteiger partial charge >= 0.3 is 5.97 Å². The molecule has 1 aromatic rings. The first-order valence-corrected chi connectivity index (χ1v) is 4.62. The van der Waals surface area contributed by atoms with Crippen molar-refractivity contribution in [2.75, 3.05) is 0 Å². The van der Waals surface area contributed by atoms with Crippen LogP contribution in [0.15, 0.2) is 15.4 Å². The Bertz CT molecular complexity index is 367. The van der Waals surface area contributed by atoms with Gasteiger partial charge in [-0.3, -0.25) is 9.59 Å². The molecule has 0 saturated heterocycles. The van der Waals surface area contributed by atoms with E-state index in [2.05, 4.69) is 9.68 Å². The average molecular weight is 217 g/mol. The Morgan fingerprint density at radius 2 is 2.29 bits per heavy atom. The molecule has 0 spiro atoms. The average Bonchev–Trinajstić information content (AvgIpc) is 2.51. The summed E-state index contributed by atoms with van der Waals surface area (Å²) in [7, 11) is 1.89. The Hall–Kier alpha value is -1.09. The van der Waals surface area contributed by atoms with E-state index in [1.165, 1.54) is 6.07 Å². The van der Waals surface area contributed by atoms with Gasteiger partial charge in [0.05, 0.1) is 9.47 Å². The number of hydrogen-bond acceptors (Lipinski definition) is 4. The highest BCUT2D eigenvalue weighted by Gasteiger charge is 2.28. The predicted octanol–water partition coefficient (Wildman–Crippen LogP) is 1.04. The van der Waals surface area contributed by atoms with Crippen LogP contribution in [0, 0.1) is 5.92 Å². The molecule has 0 aliphatic rings. The highest BCUT2D eigenvalue weighted by atomic mass is 31.0. The minimum Gasteiger partial charge on any atom is -0.451 e. The summed E-state index contributed by atoms with van der Waals surface area (Å²) in [5.74, 6) is -0.682. The lowest BCUT2D eigenvalue weighted by molar-refractivity contribution is -0.136. The van der Waals surface area contributed by atoms with Gasteiger partial charge < -0.3 is 9.05 Å². The van der Waals surface area contributed by atoms with Crippen molar-refractivity contribution in [1.82, 2.24) is 5.16 Å². The van der Waals surface area contributed by atoms with E-state index in [0.717, 1.165) is 0 Å². The summed E-state index contributed by atoms with van der Waals surface area (Å²) < 4.78 is 9.40. The van der Waals surface area contributed by atoms with Gasteiger partial charge in [0.15, 0.2) is 5.76 Å². The van der Waals surface area contributed by atoms with E-state index in [4.69, 9.17) is 4.52 Å². The van der Waals surface area contributed by atoms with Gasteiger partial charge in [-0.25, -0.2) is 0 Å². The van der Waals surface area contributed by atoms with Crippen molar-refractivity contribution in [2.24, 2.45) is 5.92 Å². The second kappa shape index (κ2) is 4.42. The van der Waals surface area contributed by atoms with Crippen LogP contribution in [0.1, 0.15) is 25.5 Å². The van der Waals surface area contributed by atoms with Gasteiger partial charge in [-0.05, 0) is 5.92 Å². The molecule has 0 aromatic carbocycles. The highest BCUT2D eigenvalue weighted by molar-refractivity contribution is 7.10. The lowest BCUT2D eigenvalue weighted by atomic mass is 9.94. The molecular formula is C8H12NO4P. The molecular weight excluding hydrogens is 205 g/mol. The summed E-state index contributed by atoms with van der Waals surface area (Å²) in [4.78, 5) is 22.2. The number of nitrogens with one attached hydrogen (secondary N) is 1. The molecule has 0 fully saturated rings. The van der Waals surface area contributed by atoms with Gasteiger partial charge in [-0.15, -0.1) is 0 Å². The second-order valence-corrected chi connectivity index (χ2v) is 3.51. The van der Waals surface area contributed by atoms with E-state index < -0.39 is 11.9 Å². The van der Waals surface area contributed by atoms with Gasteiger partial charge in [0.1, 0.15) is 5.92 Å². The molecule has 1 heterocycles.